The average molecular weight is 518 g/mol. The molecule has 3 rings (SSSR count). The summed E-state index contributed by atoms with van der Waals surface area (Å²) < 4.78 is 39.0. The van der Waals surface area contributed by atoms with Crippen molar-refractivity contribution in [3.63, 3.8) is 0 Å². The van der Waals surface area contributed by atoms with Crippen LogP contribution in [-0.4, -0.2) is 52.8 Å². The molecule has 0 unspecified atom stereocenters. The Morgan fingerprint density at radius 3 is 2.30 bits per heavy atom. The van der Waals surface area contributed by atoms with E-state index in [0.717, 1.165) is 17.4 Å². The fourth-order valence-electron chi connectivity index (χ4n) is 4.12. The molecule has 7 nitrogen and oxygen atoms in total. The van der Waals surface area contributed by atoms with Crippen molar-refractivity contribution in [3.8, 4) is 5.75 Å². The van der Waals surface area contributed by atoms with Crippen molar-refractivity contribution < 1.29 is 27.8 Å². The standard InChI is InChI=1S/C28H37F2N3O4/c1-19(2)36-24-10-6-20(7-11-24)17-31-26(34)33(18-21-8-9-22(29)16-25(21)30)23-12-14-32(15-13-23)27(35)37-28(3,4)5/h6-11,16,19,23H,12-15,17-18H2,1-5H3,(H,31,34). The highest BCUT2D eigenvalue weighted by atomic mass is 19.1. The van der Waals surface area contributed by atoms with Crippen LogP contribution >= 0.6 is 0 Å². The van der Waals surface area contributed by atoms with E-state index in [-0.39, 0.29) is 36.8 Å². The van der Waals surface area contributed by atoms with Gasteiger partial charge in [-0.1, -0.05) is 18.2 Å². The van der Waals surface area contributed by atoms with Crippen molar-refractivity contribution in [2.24, 2.45) is 0 Å². The molecule has 1 heterocycles. The number of amides is 3. The molecule has 2 aromatic rings. The summed E-state index contributed by atoms with van der Waals surface area (Å²) in [6.45, 7) is 10.4. The first kappa shape index (κ1) is 28.2. The predicted octanol–water partition coefficient (Wildman–Crippen LogP) is 5.86. The molecule has 2 aromatic carbocycles. The molecule has 202 valence electrons. The lowest BCUT2D eigenvalue weighted by Gasteiger charge is -2.39. The number of urea groups is 1. The van der Waals surface area contributed by atoms with Crippen LogP contribution in [0.2, 0.25) is 0 Å². The third kappa shape index (κ3) is 8.61. The van der Waals surface area contributed by atoms with E-state index in [1.165, 1.54) is 12.1 Å². The molecule has 0 bridgehead atoms. The number of rotatable bonds is 7. The van der Waals surface area contributed by atoms with Crippen LogP contribution in [-0.2, 0) is 17.8 Å². The fraction of sp³-hybridized carbons (Fsp3) is 0.500. The first-order valence-electron chi connectivity index (χ1n) is 12.6. The van der Waals surface area contributed by atoms with Crippen molar-refractivity contribution in [2.45, 2.75) is 78.3 Å². The maximum absolute atomic E-state index is 14.5. The minimum atomic E-state index is -0.704. The zero-order valence-corrected chi connectivity index (χ0v) is 22.2. The summed E-state index contributed by atoms with van der Waals surface area (Å²) in [4.78, 5) is 28.9. The van der Waals surface area contributed by atoms with Gasteiger partial charge in [0.15, 0.2) is 0 Å². The van der Waals surface area contributed by atoms with E-state index >= 15 is 0 Å². The number of nitrogens with zero attached hydrogens (tertiary/aromatic N) is 2. The van der Waals surface area contributed by atoms with Crippen LogP contribution in [0.5, 0.6) is 5.75 Å². The number of piperidine rings is 1. The second-order valence-electron chi connectivity index (χ2n) is 10.5. The average Bonchev–Trinajstić information content (AvgIpc) is 2.82. The molecule has 3 amide bonds. The number of likely N-dealkylation sites (tertiary alicyclic amines) is 1. The second kappa shape index (κ2) is 12.3. The highest BCUT2D eigenvalue weighted by molar-refractivity contribution is 5.75. The number of hydrogen-bond acceptors (Lipinski definition) is 4. The van der Waals surface area contributed by atoms with Gasteiger partial charge in [0.25, 0.3) is 0 Å². The number of nitrogens with one attached hydrogen (secondary N) is 1. The minimum Gasteiger partial charge on any atom is -0.491 e. The summed E-state index contributed by atoms with van der Waals surface area (Å²) in [5.74, 6) is -0.632. The normalized spacial score (nSPS) is 14.4. The molecule has 1 saturated heterocycles. The Morgan fingerprint density at radius 2 is 1.73 bits per heavy atom. The van der Waals surface area contributed by atoms with Gasteiger partial charge in [-0.15, -0.1) is 0 Å². The zero-order chi connectivity index (χ0) is 27.2. The van der Waals surface area contributed by atoms with Gasteiger partial charge >= 0.3 is 12.1 Å². The maximum atomic E-state index is 14.5. The van der Waals surface area contributed by atoms with Gasteiger partial charge in [-0.25, -0.2) is 18.4 Å². The van der Waals surface area contributed by atoms with Gasteiger partial charge in [-0.3, -0.25) is 0 Å². The van der Waals surface area contributed by atoms with Crippen LogP contribution in [0, 0.1) is 11.6 Å². The molecule has 0 radical (unpaired) electrons. The van der Waals surface area contributed by atoms with Gasteiger partial charge in [-0.05, 0) is 71.2 Å². The lowest BCUT2D eigenvalue weighted by molar-refractivity contribution is 0.0160. The van der Waals surface area contributed by atoms with Crippen molar-refractivity contribution >= 4 is 12.1 Å². The SMILES string of the molecule is CC(C)Oc1ccc(CNC(=O)N(Cc2ccc(F)cc2F)C2CCN(C(=O)OC(C)(C)C)CC2)cc1. The number of halogens is 2. The molecule has 1 aliphatic heterocycles. The Morgan fingerprint density at radius 1 is 1.08 bits per heavy atom. The van der Waals surface area contributed by atoms with Crippen LogP contribution in [0.1, 0.15) is 58.6 Å². The third-order valence-electron chi connectivity index (χ3n) is 5.91. The molecule has 9 heteroatoms. The first-order valence-corrected chi connectivity index (χ1v) is 12.6. The van der Waals surface area contributed by atoms with Crippen LogP contribution in [0.4, 0.5) is 18.4 Å². The first-order chi connectivity index (χ1) is 17.4. The molecule has 0 saturated carbocycles. The van der Waals surface area contributed by atoms with Gasteiger partial charge in [0.1, 0.15) is 23.0 Å². The fourth-order valence-corrected chi connectivity index (χ4v) is 4.12. The lowest BCUT2D eigenvalue weighted by Crippen LogP contribution is -2.51. The third-order valence-corrected chi connectivity index (χ3v) is 5.91. The Kier molecular flexibility index (Phi) is 9.34. The monoisotopic (exact) mass is 517 g/mol. The summed E-state index contributed by atoms with van der Waals surface area (Å²) in [5, 5.41) is 2.92. The summed E-state index contributed by atoms with van der Waals surface area (Å²) >= 11 is 0. The van der Waals surface area contributed by atoms with Crippen LogP contribution in [0.25, 0.3) is 0 Å². The van der Waals surface area contributed by atoms with E-state index in [1.54, 1.807) is 9.80 Å². The van der Waals surface area contributed by atoms with Gasteiger partial charge in [0.2, 0.25) is 0 Å². The smallest absolute Gasteiger partial charge is 0.410 e. The van der Waals surface area contributed by atoms with Crippen LogP contribution in [0.3, 0.4) is 0 Å². The van der Waals surface area contributed by atoms with Gasteiger partial charge in [0, 0.05) is 37.3 Å². The van der Waals surface area contributed by atoms with Crippen LogP contribution in [0.15, 0.2) is 42.5 Å². The lowest BCUT2D eigenvalue weighted by atomic mass is 10.0. The molecule has 0 atom stereocenters. The Labute approximate surface area is 217 Å². The zero-order valence-electron chi connectivity index (χ0n) is 22.2. The topological polar surface area (TPSA) is 71.1 Å². The molecule has 1 aliphatic rings. The van der Waals surface area contributed by atoms with E-state index in [1.807, 2.05) is 58.9 Å². The van der Waals surface area contributed by atoms with Gasteiger partial charge in [0.05, 0.1) is 12.6 Å². The molecule has 1 N–H and O–H groups in total. The quantitative estimate of drug-likeness (QED) is 0.499. The van der Waals surface area contributed by atoms with E-state index in [0.29, 0.717) is 25.9 Å². The van der Waals surface area contributed by atoms with E-state index in [2.05, 4.69) is 5.32 Å². The molecule has 1 fully saturated rings. The molecule has 37 heavy (non-hydrogen) atoms. The van der Waals surface area contributed by atoms with E-state index in [9.17, 15) is 18.4 Å². The van der Waals surface area contributed by atoms with E-state index < -0.39 is 23.3 Å². The highest BCUT2D eigenvalue weighted by Gasteiger charge is 2.32. The number of carbonyl (C=O) groups excluding carboxylic acids is 2. The van der Waals surface area contributed by atoms with Crippen molar-refractivity contribution in [3.05, 3.63) is 65.2 Å². The van der Waals surface area contributed by atoms with Gasteiger partial charge in [-0.2, -0.15) is 0 Å². The van der Waals surface area contributed by atoms with Crippen LogP contribution < -0.4 is 10.1 Å². The Hall–Kier alpha value is -3.36. The predicted molar refractivity (Wildman–Crippen MR) is 137 cm³/mol. The Balaban J connectivity index is 1.68. The Bertz CT molecular complexity index is 1060. The number of benzene rings is 2. The number of ether oxygens (including phenoxy) is 2. The summed E-state index contributed by atoms with van der Waals surface area (Å²) in [6, 6.07) is 10.2. The van der Waals surface area contributed by atoms with Crippen molar-refractivity contribution in [2.75, 3.05) is 13.1 Å². The summed E-state index contributed by atoms with van der Waals surface area (Å²) in [7, 11) is 0. The largest absolute Gasteiger partial charge is 0.491 e. The van der Waals surface area contributed by atoms with Gasteiger partial charge < -0.3 is 24.6 Å². The molecular formula is C28H37F2N3O4. The van der Waals surface area contributed by atoms with Crippen molar-refractivity contribution in [1.82, 2.24) is 15.1 Å². The summed E-state index contributed by atoms with van der Waals surface area (Å²) in [5.41, 5.74) is 0.512. The summed E-state index contributed by atoms with van der Waals surface area (Å²) in [6.07, 6.45) is 0.692. The number of hydrogen-bond donors (Lipinski definition) is 1. The molecular weight excluding hydrogens is 480 g/mol. The maximum Gasteiger partial charge on any atom is 0.410 e. The van der Waals surface area contributed by atoms with E-state index in [4.69, 9.17) is 9.47 Å². The minimum absolute atomic E-state index is 0.0176. The van der Waals surface area contributed by atoms with Crippen molar-refractivity contribution in [1.29, 1.82) is 0 Å². The molecule has 0 aliphatic carbocycles. The molecule has 0 aromatic heterocycles. The highest BCUT2D eigenvalue weighted by Crippen LogP contribution is 2.23. The molecule has 0 spiro atoms. The number of carbonyl (C=O) groups is 2. The second-order valence-corrected chi connectivity index (χ2v) is 10.5.